The molecule has 0 aliphatic heterocycles. The molecule has 1 aliphatic rings. The fraction of sp³-hybridized carbons (Fsp3) is 0.800. The van der Waals surface area contributed by atoms with Gasteiger partial charge in [0.2, 0.25) is 0 Å². The third kappa shape index (κ3) is 1.54. The number of aromatic nitrogens is 3. The van der Waals surface area contributed by atoms with Crippen molar-refractivity contribution < 1.29 is 0 Å². The van der Waals surface area contributed by atoms with Crippen LogP contribution < -0.4 is 5.32 Å². The molecular formula is C10H18N4. The molecule has 14 heavy (non-hydrogen) atoms. The number of nitrogens with one attached hydrogen (secondary N) is 1. The Morgan fingerprint density at radius 1 is 1.57 bits per heavy atom. The van der Waals surface area contributed by atoms with E-state index in [1.807, 2.05) is 7.05 Å². The van der Waals surface area contributed by atoms with E-state index in [4.69, 9.17) is 0 Å². The van der Waals surface area contributed by atoms with Crippen molar-refractivity contribution in [1.82, 2.24) is 20.3 Å². The highest BCUT2D eigenvalue weighted by Gasteiger charge is 2.37. The third-order valence-corrected chi connectivity index (χ3v) is 2.93. The van der Waals surface area contributed by atoms with Gasteiger partial charge in [0.05, 0.1) is 17.4 Å². The highest BCUT2D eigenvalue weighted by molar-refractivity contribution is 5.12. The van der Waals surface area contributed by atoms with Gasteiger partial charge in [-0.15, -0.1) is 5.10 Å². The van der Waals surface area contributed by atoms with E-state index in [1.165, 1.54) is 12.1 Å². The molecular weight excluding hydrogens is 176 g/mol. The summed E-state index contributed by atoms with van der Waals surface area (Å²) in [6.07, 6.45) is 2.28. The van der Waals surface area contributed by atoms with E-state index in [0.717, 1.165) is 24.6 Å². The van der Waals surface area contributed by atoms with Gasteiger partial charge in [-0.05, 0) is 25.8 Å². The first kappa shape index (κ1) is 9.65. The van der Waals surface area contributed by atoms with Crippen LogP contribution in [0.25, 0.3) is 0 Å². The minimum atomic E-state index is 0.614. The van der Waals surface area contributed by atoms with Gasteiger partial charge >= 0.3 is 0 Å². The molecule has 0 amide bonds. The number of nitrogens with zero attached hydrogens (tertiary/aromatic N) is 3. The summed E-state index contributed by atoms with van der Waals surface area (Å²) in [6.45, 7) is 5.26. The van der Waals surface area contributed by atoms with Gasteiger partial charge in [0, 0.05) is 6.54 Å². The van der Waals surface area contributed by atoms with Crippen molar-refractivity contribution in [2.45, 2.75) is 39.3 Å². The molecule has 0 spiro atoms. The minimum absolute atomic E-state index is 0.614. The fourth-order valence-electron chi connectivity index (χ4n) is 1.93. The van der Waals surface area contributed by atoms with E-state index in [9.17, 15) is 0 Å². The molecule has 0 aromatic carbocycles. The van der Waals surface area contributed by atoms with Crippen molar-refractivity contribution in [1.29, 1.82) is 0 Å². The Balaban J connectivity index is 2.23. The van der Waals surface area contributed by atoms with Crippen LogP contribution in [0.1, 0.15) is 37.7 Å². The Morgan fingerprint density at radius 2 is 2.29 bits per heavy atom. The maximum Gasteiger partial charge on any atom is 0.0996 e. The van der Waals surface area contributed by atoms with Gasteiger partial charge in [0.1, 0.15) is 0 Å². The SMILES string of the molecule is CCc1c(CNC)nnn1C1CC1C. The smallest absolute Gasteiger partial charge is 0.0996 e. The maximum absolute atomic E-state index is 4.24. The summed E-state index contributed by atoms with van der Waals surface area (Å²) in [5.41, 5.74) is 2.41. The zero-order chi connectivity index (χ0) is 10.1. The van der Waals surface area contributed by atoms with Crippen molar-refractivity contribution in [2.24, 2.45) is 5.92 Å². The molecule has 1 fully saturated rings. The molecule has 1 aromatic rings. The van der Waals surface area contributed by atoms with Crippen LogP contribution in [0.2, 0.25) is 0 Å². The van der Waals surface area contributed by atoms with Gasteiger partial charge in [-0.2, -0.15) is 0 Å². The monoisotopic (exact) mass is 194 g/mol. The lowest BCUT2D eigenvalue weighted by Gasteiger charge is -2.04. The van der Waals surface area contributed by atoms with E-state index >= 15 is 0 Å². The molecule has 0 bridgehead atoms. The Morgan fingerprint density at radius 3 is 2.79 bits per heavy atom. The van der Waals surface area contributed by atoms with Crippen molar-refractivity contribution in [2.75, 3.05) is 7.05 Å². The van der Waals surface area contributed by atoms with Gasteiger partial charge in [-0.3, -0.25) is 0 Å². The first-order valence-electron chi connectivity index (χ1n) is 5.35. The Labute approximate surface area is 84.7 Å². The summed E-state index contributed by atoms with van der Waals surface area (Å²) in [7, 11) is 1.94. The molecule has 0 radical (unpaired) electrons. The van der Waals surface area contributed by atoms with Crippen LogP contribution in [-0.4, -0.2) is 22.0 Å². The van der Waals surface area contributed by atoms with Crippen molar-refractivity contribution in [3.63, 3.8) is 0 Å². The molecule has 1 N–H and O–H groups in total. The van der Waals surface area contributed by atoms with Crippen molar-refractivity contribution in [3.8, 4) is 0 Å². The maximum atomic E-state index is 4.24. The predicted octanol–water partition coefficient (Wildman–Crippen LogP) is 1.14. The molecule has 1 aromatic heterocycles. The molecule has 78 valence electrons. The average Bonchev–Trinajstić information content (AvgIpc) is 2.77. The molecule has 2 rings (SSSR count). The molecule has 2 unspecified atom stereocenters. The van der Waals surface area contributed by atoms with Gasteiger partial charge in [-0.1, -0.05) is 19.1 Å². The highest BCUT2D eigenvalue weighted by atomic mass is 15.5. The number of hydrogen-bond acceptors (Lipinski definition) is 3. The quantitative estimate of drug-likeness (QED) is 0.781. The summed E-state index contributed by atoms with van der Waals surface area (Å²) in [5.74, 6) is 0.782. The van der Waals surface area contributed by atoms with Crippen LogP contribution in [0.3, 0.4) is 0 Å². The van der Waals surface area contributed by atoms with E-state index < -0.39 is 0 Å². The van der Waals surface area contributed by atoms with Crippen molar-refractivity contribution >= 4 is 0 Å². The van der Waals surface area contributed by atoms with Crippen LogP contribution in [0.4, 0.5) is 0 Å². The summed E-state index contributed by atoms with van der Waals surface area (Å²) in [5, 5.41) is 11.6. The van der Waals surface area contributed by atoms with Gasteiger partial charge < -0.3 is 5.32 Å². The Hall–Kier alpha value is -0.900. The summed E-state index contributed by atoms with van der Waals surface area (Å²) in [6, 6.07) is 0.614. The van der Waals surface area contributed by atoms with E-state index in [-0.39, 0.29) is 0 Å². The second kappa shape index (κ2) is 3.69. The van der Waals surface area contributed by atoms with E-state index in [2.05, 4.69) is 34.2 Å². The molecule has 1 heterocycles. The molecule has 4 heteroatoms. The van der Waals surface area contributed by atoms with Crippen molar-refractivity contribution in [3.05, 3.63) is 11.4 Å². The lowest BCUT2D eigenvalue weighted by molar-refractivity contribution is 0.557. The topological polar surface area (TPSA) is 42.7 Å². The largest absolute Gasteiger partial charge is 0.314 e. The first-order chi connectivity index (χ1) is 6.77. The Bertz CT molecular complexity index is 318. The number of hydrogen-bond donors (Lipinski definition) is 1. The normalized spacial score (nSPS) is 25.4. The summed E-state index contributed by atoms with van der Waals surface area (Å²) < 4.78 is 2.12. The minimum Gasteiger partial charge on any atom is -0.314 e. The highest BCUT2D eigenvalue weighted by Crippen LogP contribution is 2.42. The lowest BCUT2D eigenvalue weighted by atomic mass is 10.2. The summed E-state index contributed by atoms with van der Waals surface area (Å²) >= 11 is 0. The lowest BCUT2D eigenvalue weighted by Crippen LogP contribution is -2.09. The van der Waals surface area contributed by atoms with Gasteiger partial charge in [0.25, 0.3) is 0 Å². The molecule has 0 saturated heterocycles. The third-order valence-electron chi connectivity index (χ3n) is 2.93. The zero-order valence-corrected chi connectivity index (χ0v) is 9.12. The van der Waals surface area contributed by atoms with Gasteiger partial charge in [-0.25, -0.2) is 4.68 Å². The van der Waals surface area contributed by atoms with Crippen LogP contribution in [-0.2, 0) is 13.0 Å². The molecule has 4 nitrogen and oxygen atoms in total. The molecule has 1 aliphatic carbocycles. The standard InChI is InChI=1S/C10H18N4/c1-4-9-8(6-11-3)12-13-14(9)10-5-7(10)2/h7,10-11H,4-6H2,1-3H3. The van der Waals surface area contributed by atoms with E-state index in [1.54, 1.807) is 0 Å². The number of rotatable bonds is 4. The van der Waals surface area contributed by atoms with E-state index in [0.29, 0.717) is 6.04 Å². The van der Waals surface area contributed by atoms with Gasteiger partial charge in [0.15, 0.2) is 0 Å². The second-order valence-electron chi connectivity index (χ2n) is 4.09. The average molecular weight is 194 g/mol. The zero-order valence-electron chi connectivity index (χ0n) is 9.12. The Kier molecular flexibility index (Phi) is 2.54. The second-order valence-corrected chi connectivity index (χ2v) is 4.09. The first-order valence-corrected chi connectivity index (χ1v) is 5.35. The molecule has 1 saturated carbocycles. The molecule has 2 atom stereocenters. The predicted molar refractivity (Wildman–Crippen MR) is 55.0 cm³/mol. The fourth-order valence-corrected chi connectivity index (χ4v) is 1.93. The summed E-state index contributed by atoms with van der Waals surface area (Å²) in [4.78, 5) is 0. The van der Waals surface area contributed by atoms with Crippen LogP contribution in [0.15, 0.2) is 0 Å². The van der Waals surface area contributed by atoms with Crippen LogP contribution >= 0.6 is 0 Å². The van der Waals surface area contributed by atoms with Crippen LogP contribution in [0, 0.1) is 5.92 Å². The van der Waals surface area contributed by atoms with Crippen LogP contribution in [0.5, 0.6) is 0 Å².